The van der Waals surface area contributed by atoms with Crippen LogP contribution in [0.5, 0.6) is 0 Å². The number of aromatic amines is 1. The molecule has 7 heteroatoms. The minimum Gasteiger partial charge on any atom is -0.350 e. The average Bonchev–Trinajstić information content (AvgIpc) is 3.58. The molecule has 0 unspecified atom stereocenters. The summed E-state index contributed by atoms with van der Waals surface area (Å²) in [6, 6.07) is 26.0. The number of carbonyl (C=O) groups excluding carboxylic acids is 1. The van der Waals surface area contributed by atoms with Crippen molar-refractivity contribution >= 4 is 22.8 Å². The van der Waals surface area contributed by atoms with E-state index < -0.39 is 0 Å². The Morgan fingerprint density at radius 1 is 0.949 bits per heavy atom. The van der Waals surface area contributed by atoms with E-state index in [9.17, 15) is 4.79 Å². The molecule has 1 atom stereocenters. The van der Waals surface area contributed by atoms with Gasteiger partial charge in [-0.3, -0.25) is 9.89 Å². The molecule has 0 bridgehead atoms. The lowest BCUT2D eigenvalue weighted by atomic mass is 10.00. The van der Waals surface area contributed by atoms with Gasteiger partial charge in [0.25, 0.3) is 5.91 Å². The van der Waals surface area contributed by atoms with Crippen molar-refractivity contribution < 1.29 is 4.79 Å². The van der Waals surface area contributed by atoms with E-state index in [0.29, 0.717) is 30.3 Å². The average molecular weight is 513 g/mol. The second-order valence-electron chi connectivity index (χ2n) is 9.85. The van der Waals surface area contributed by atoms with Gasteiger partial charge in [0.05, 0.1) is 5.52 Å². The zero-order valence-corrected chi connectivity index (χ0v) is 21.9. The second-order valence-corrected chi connectivity index (χ2v) is 9.85. The van der Waals surface area contributed by atoms with E-state index in [4.69, 9.17) is 0 Å². The van der Waals surface area contributed by atoms with Gasteiger partial charge in [0, 0.05) is 47.0 Å². The highest BCUT2D eigenvalue weighted by atomic mass is 16.2. The molecule has 0 aliphatic carbocycles. The van der Waals surface area contributed by atoms with E-state index in [0.717, 1.165) is 45.4 Å². The van der Waals surface area contributed by atoms with Gasteiger partial charge >= 0.3 is 0 Å². The van der Waals surface area contributed by atoms with Gasteiger partial charge in [0.15, 0.2) is 0 Å². The minimum atomic E-state index is -0.00271. The molecule has 1 aliphatic rings. The fraction of sp³-hybridized carbons (Fsp3) is 0.188. The van der Waals surface area contributed by atoms with Gasteiger partial charge in [-0.05, 0) is 67.6 Å². The zero-order valence-electron chi connectivity index (χ0n) is 21.9. The van der Waals surface area contributed by atoms with Crippen LogP contribution in [0, 0.1) is 25.7 Å². The Morgan fingerprint density at radius 2 is 1.72 bits per heavy atom. The largest absolute Gasteiger partial charge is 0.350 e. The molecule has 3 heterocycles. The first-order chi connectivity index (χ1) is 19.0. The maximum atomic E-state index is 13.4. The van der Waals surface area contributed by atoms with Crippen molar-refractivity contribution in [3.63, 3.8) is 0 Å². The SMILES string of the molecule is Cc1cc(C)nc(N[C@H]2CCN(C(=O)c3ccc4[nH]nc(C#Cc5ccccc5-c5ccccc5)c4c3)C2)n1. The summed E-state index contributed by atoms with van der Waals surface area (Å²) >= 11 is 0. The summed E-state index contributed by atoms with van der Waals surface area (Å²) in [6.45, 7) is 5.18. The first kappa shape index (κ1) is 24.4. The van der Waals surface area contributed by atoms with Crippen LogP contribution in [0.15, 0.2) is 78.9 Å². The lowest BCUT2D eigenvalue weighted by molar-refractivity contribution is 0.0791. The Hall–Kier alpha value is -4.96. The number of carbonyl (C=O) groups is 1. The van der Waals surface area contributed by atoms with Gasteiger partial charge in [0.1, 0.15) is 5.69 Å². The number of anilines is 1. The van der Waals surface area contributed by atoms with Gasteiger partial charge in [-0.25, -0.2) is 9.97 Å². The van der Waals surface area contributed by atoms with Gasteiger partial charge in [-0.15, -0.1) is 0 Å². The number of likely N-dealkylation sites (tertiary alicyclic amines) is 1. The summed E-state index contributed by atoms with van der Waals surface area (Å²) in [5, 5.41) is 11.7. The topological polar surface area (TPSA) is 86.8 Å². The molecule has 192 valence electrons. The summed E-state index contributed by atoms with van der Waals surface area (Å²) in [5.41, 5.74) is 7.05. The van der Waals surface area contributed by atoms with Crippen LogP contribution in [-0.2, 0) is 0 Å². The van der Waals surface area contributed by atoms with Crippen molar-refractivity contribution in [2.75, 3.05) is 18.4 Å². The fourth-order valence-electron chi connectivity index (χ4n) is 5.05. The molecule has 1 amide bonds. The number of hydrogen-bond donors (Lipinski definition) is 2. The van der Waals surface area contributed by atoms with E-state index in [1.165, 1.54) is 0 Å². The van der Waals surface area contributed by atoms with Crippen LogP contribution in [-0.4, -0.2) is 50.1 Å². The summed E-state index contributed by atoms with van der Waals surface area (Å²) in [6.07, 6.45) is 0.841. The standard InChI is InChI=1S/C32H28N6O/c1-21-18-22(2)34-32(33-21)35-26-16-17-38(20-26)31(39)25-13-15-30-28(19-25)29(36-37-30)14-12-24-10-6-7-11-27(24)23-8-4-3-5-9-23/h3-11,13,15,18-19,26H,16-17,20H2,1-2H3,(H,36,37)(H,33,34,35)/t26-/m0/s1. The predicted octanol–water partition coefficient (Wildman–Crippen LogP) is 5.36. The maximum Gasteiger partial charge on any atom is 0.253 e. The summed E-state index contributed by atoms with van der Waals surface area (Å²) in [5.74, 6) is 7.14. The number of nitrogens with zero attached hydrogens (tertiary/aromatic N) is 4. The van der Waals surface area contributed by atoms with Gasteiger partial charge < -0.3 is 10.2 Å². The van der Waals surface area contributed by atoms with Crippen LogP contribution in [0.25, 0.3) is 22.0 Å². The summed E-state index contributed by atoms with van der Waals surface area (Å²) in [4.78, 5) is 24.2. The molecule has 5 aromatic rings. The number of fused-ring (bicyclic) bond motifs is 1. The number of H-pyrrole nitrogens is 1. The number of aryl methyl sites for hydroxylation is 2. The van der Waals surface area contributed by atoms with Crippen LogP contribution in [0.1, 0.15) is 39.4 Å². The molecular formula is C32H28N6O. The highest BCUT2D eigenvalue weighted by molar-refractivity contribution is 5.99. The van der Waals surface area contributed by atoms with Crippen molar-refractivity contribution in [3.05, 3.63) is 107 Å². The molecule has 0 spiro atoms. The van der Waals surface area contributed by atoms with Crippen LogP contribution >= 0.6 is 0 Å². The van der Waals surface area contributed by atoms with Crippen LogP contribution in [0.4, 0.5) is 5.95 Å². The third-order valence-corrected chi connectivity index (χ3v) is 6.93. The van der Waals surface area contributed by atoms with Crippen molar-refractivity contribution in [1.82, 2.24) is 25.1 Å². The number of rotatable bonds is 4. The lowest BCUT2D eigenvalue weighted by Crippen LogP contribution is -2.31. The van der Waals surface area contributed by atoms with Crippen molar-refractivity contribution in [3.8, 4) is 23.0 Å². The van der Waals surface area contributed by atoms with Crippen molar-refractivity contribution in [2.45, 2.75) is 26.3 Å². The Kier molecular flexibility index (Phi) is 6.52. The molecule has 2 aromatic heterocycles. The quantitative estimate of drug-likeness (QED) is 0.317. The molecule has 6 rings (SSSR count). The van der Waals surface area contributed by atoms with E-state index in [-0.39, 0.29) is 11.9 Å². The highest BCUT2D eigenvalue weighted by Gasteiger charge is 2.28. The maximum absolute atomic E-state index is 13.4. The fourth-order valence-corrected chi connectivity index (χ4v) is 5.05. The molecular weight excluding hydrogens is 484 g/mol. The summed E-state index contributed by atoms with van der Waals surface area (Å²) in [7, 11) is 0. The first-order valence-corrected chi connectivity index (χ1v) is 13.1. The monoisotopic (exact) mass is 512 g/mol. The van der Waals surface area contributed by atoms with E-state index in [1.54, 1.807) is 0 Å². The molecule has 0 radical (unpaired) electrons. The third kappa shape index (κ3) is 5.23. The highest BCUT2D eigenvalue weighted by Crippen LogP contribution is 2.24. The summed E-state index contributed by atoms with van der Waals surface area (Å²) < 4.78 is 0. The van der Waals surface area contributed by atoms with Gasteiger partial charge in [-0.2, -0.15) is 5.10 Å². The number of hydrogen-bond acceptors (Lipinski definition) is 5. The number of amides is 1. The van der Waals surface area contributed by atoms with Crippen LogP contribution < -0.4 is 5.32 Å². The molecule has 1 fully saturated rings. The molecule has 2 N–H and O–H groups in total. The predicted molar refractivity (Wildman–Crippen MR) is 153 cm³/mol. The third-order valence-electron chi connectivity index (χ3n) is 6.93. The molecule has 0 saturated carbocycles. The Labute approximate surface area is 227 Å². The molecule has 3 aromatic carbocycles. The normalized spacial score (nSPS) is 14.7. The number of nitrogens with one attached hydrogen (secondary N) is 2. The first-order valence-electron chi connectivity index (χ1n) is 13.1. The van der Waals surface area contributed by atoms with E-state index in [2.05, 4.69) is 55.5 Å². The van der Waals surface area contributed by atoms with Gasteiger partial charge in [-0.1, -0.05) is 54.5 Å². The molecule has 39 heavy (non-hydrogen) atoms. The minimum absolute atomic E-state index is 0.00271. The molecule has 7 nitrogen and oxygen atoms in total. The molecule has 1 aliphatic heterocycles. The van der Waals surface area contributed by atoms with Crippen LogP contribution in [0.3, 0.4) is 0 Å². The Bertz CT molecular complexity index is 1710. The zero-order chi connectivity index (χ0) is 26.8. The van der Waals surface area contributed by atoms with Gasteiger partial charge in [0.2, 0.25) is 5.95 Å². The van der Waals surface area contributed by atoms with Crippen molar-refractivity contribution in [2.24, 2.45) is 0 Å². The second kappa shape index (κ2) is 10.4. The smallest absolute Gasteiger partial charge is 0.253 e. The molecule has 1 saturated heterocycles. The number of aromatic nitrogens is 4. The lowest BCUT2D eigenvalue weighted by Gasteiger charge is -2.17. The van der Waals surface area contributed by atoms with E-state index in [1.807, 2.05) is 79.4 Å². The van der Waals surface area contributed by atoms with Crippen LogP contribution in [0.2, 0.25) is 0 Å². The Morgan fingerprint density at radius 3 is 2.54 bits per heavy atom. The van der Waals surface area contributed by atoms with Crippen molar-refractivity contribution in [1.29, 1.82) is 0 Å². The van der Waals surface area contributed by atoms with E-state index >= 15 is 0 Å². The number of benzene rings is 3. The Balaban J connectivity index is 1.22.